The molecule has 1 saturated carbocycles. The Bertz CT molecular complexity index is 346. The van der Waals surface area contributed by atoms with E-state index >= 15 is 0 Å². The van der Waals surface area contributed by atoms with Crippen molar-refractivity contribution in [1.82, 2.24) is 5.32 Å². The lowest BCUT2D eigenvalue weighted by molar-refractivity contribution is -0.138. The maximum atomic E-state index is 11.2. The number of carbonyl (C=O) groups is 1. The smallest absolute Gasteiger partial charge is 0.312 e. The van der Waals surface area contributed by atoms with E-state index in [1.807, 2.05) is 30.3 Å². The topological polar surface area (TPSA) is 49.3 Å². The third-order valence-electron chi connectivity index (χ3n) is 3.22. The average Bonchev–Trinajstić information content (AvgIpc) is 2.22. The second kappa shape index (κ2) is 5.12. The van der Waals surface area contributed by atoms with Crippen LogP contribution in [0.15, 0.2) is 30.3 Å². The van der Waals surface area contributed by atoms with Gasteiger partial charge in [-0.1, -0.05) is 36.8 Å². The Kier molecular flexibility index (Phi) is 3.57. The predicted octanol–water partition coefficient (Wildman–Crippen LogP) is 2.00. The molecule has 0 heterocycles. The summed E-state index contributed by atoms with van der Waals surface area (Å²) in [5, 5.41) is 12.5. The number of hydrogen-bond acceptors (Lipinski definition) is 2. The van der Waals surface area contributed by atoms with Crippen LogP contribution in [-0.2, 0) is 4.79 Å². The van der Waals surface area contributed by atoms with E-state index < -0.39 is 11.9 Å². The SMILES string of the molecule is O=C(O)C(CNC1CCC1)c1ccccc1. The molecule has 0 aliphatic heterocycles. The van der Waals surface area contributed by atoms with Crippen molar-refractivity contribution in [3.8, 4) is 0 Å². The van der Waals surface area contributed by atoms with Gasteiger partial charge in [0.15, 0.2) is 0 Å². The standard InChI is InChI=1S/C13H17NO2/c15-13(16)12(9-14-11-7-4-8-11)10-5-2-1-3-6-10/h1-3,5-6,11-12,14H,4,7-9H2,(H,15,16). The van der Waals surface area contributed by atoms with Gasteiger partial charge in [-0.15, -0.1) is 0 Å². The molecule has 1 aromatic carbocycles. The Labute approximate surface area is 95.5 Å². The summed E-state index contributed by atoms with van der Waals surface area (Å²) in [7, 11) is 0. The van der Waals surface area contributed by atoms with E-state index in [0.29, 0.717) is 12.6 Å². The zero-order valence-corrected chi connectivity index (χ0v) is 9.23. The first-order chi connectivity index (χ1) is 7.77. The van der Waals surface area contributed by atoms with Crippen molar-refractivity contribution >= 4 is 5.97 Å². The van der Waals surface area contributed by atoms with Gasteiger partial charge in [-0.2, -0.15) is 0 Å². The van der Waals surface area contributed by atoms with E-state index in [4.69, 9.17) is 0 Å². The minimum absolute atomic E-state index is 0.429. The highest BCUT2D eigenvalue weighted by Gasteiger charge is 2.23. The van der Waals surface area contributed by atoms with E-state index in [0.717, 1.165) is 5.56 Å². The van der Waals surface area contributed by atoms with Crippen LogP contribution >= 0.6 is 0 Å². The monoisotopic (exact) mass is 219 g/mol. The molecule has 3 heteroatoms. The average molecular weight is 219 g/mol. The third-order valence-corrected chi connectivity index (χ3v) is 3.22. The van der Waals surface area contributed by atoms with Crippen LogP contribution in [0, 0.1) is 0 Å². The van der Waals surface area contributed by atoms with Crippen LogP contribution in [-0.4, -0.2) is 23.7 Å². The Morgan fingerprint density at radius 3 is 2.56 bits per heavy atom. The van der Waals surface area contributed by atoms with Crippen LogP contribution in [0.3, 0.4) is 0 Å². The Balaban J connectivity index is 1.96. The number of carboxylic acid groups (broad SMARTS) is 1. The fraction of sp³-hybridized carbons (Fsp3) is 0.462. The first kappa shape index (κ1) is 11.1. The van der Waals surface area contributed by atoms with E-state index in [1.54, 1.807) is 0 Å². The first-order valence-electron chi connectivity index (χ1n) is 5.78. The molecule has 2 N–H and O–H groups in total. The fourth-order valence-corrected chi connectivity index (χ4v) is 1.93. The molecule has 1 aromatic rings. The molecule has 0 aromatic heterocycles. The molecule has 86 valence electrons. The van der Waals surface area contributed by atoms with Gasteiger partial charge in [0, 0.05) is 12.6 Å². The van der Waals surface area contributed by atoms with Crippen molar-refractivity contribution < 1.29 is 9.90 Å². The second-order valence-electron chi connectivity index (χ2n) is 4.34. The van der Waals surface area contributed by atoms with Gasteiger partial charge in [0.25, 0.3) is 0 Å². The summed E-state index contributed by atoms with van der Waals surface area (Å²) in [6.07, 6.45) is 3.63. The van der Waals surface area contributed by atoms with Gasteiger partial charge in [-0.05, 0) is 18.4 Å². The molecular formula is C13H17NO2. The molecule has 1 atom stereocenters. The molecule has 1 aliphatic carbocycles. The normalized spacial score (nSPS) is 17.8. The van der Waals surface area contributed by atoms with Crippen LogP contribution < -0.4 is 5.32 Å². The molecular weight excluding hydrogens is 202 g/mol. The summed E-state index contributed by atoms with van der Waals surface area (Å²) in [6, 6.07) is 9.96. The Hall–Kier alpha value is -1.35. The molecule has 16 heavy (non-hydrogen) atoms. The van der Waals surface area contributed by atoms with Crippen LogP contribution in [0.25, 0.3) is 0 Å². The highest BCUT2D eigenvalue weighted by molar-refractivity contribution is 5.76. The molecule has 1 fully saturated rings. The lowest BCUT2D eigenvalue weighted by Crippen LogP contribution is -2.39. The summed E-state index contributed by atoms with van der Waals surface area (Å²) in [4.78, 5) is 11.2. The highest BCUT2D eigenvalue weighted by Crippen LogP contribution is 2.20. The van der Waals surface area contributed by atoms with Crippen LogP contribution in [0.4, 0.5) is 0 Å². The summed E-state index contributed by atoms with van der Waals surface area (Å²) in [6.45, 7) is 0.532. The molecule has 2 rings (SSSR count). The quantitative estimate of drug-likeness (QED) is 0.796. The van der Waals surface area contributed by atoms with Crippen molar-refractivity contribution in [2.24, 2.45) is 0 Å². The van der Waals surface area contributed by atoms with Gasteiger partial charge in [-0.25, -0.2) is 0 Å². The summed E-state index contributed by atoms with van der Waals surface area (Å²) in [5.74, 6) is -1.18. The van der Waals surface area contributed by atoms with Crippen LogP contribution in [0.5, 0.6) is 0 Å². The van der Waals surface area contributed by atoms with E-state index in [1.165, 1.54) is 19.3 Å². The number of carboxylic acids is 1. The van der Waals surface area contributed by atoms with Gasteiger partial charge in [0.2, 0.25) is 0 Å². The molecule has 0 saturated heterocycles. The van der Waals surface area contributed by atoms with E-state index in [9.17, 15) is 9.90 Å². The maximum Gasteiger partial charge on any atom is 0.312 e. The zero-order valence-electron chi connectivity index (χ0n) is 9.23. The third kappa shape index (κ3) is 2.61. The molecule has 1 unspecified atom stereocenters. The van der Waals surface area contributed by atoms with Gasteiger partial charge < -0.3 is 10.4 Å². The molecule has 3 nitrogen and oxygen atoms in total. The minimum Gasteiger partial charge on any atom is -0.481 e. The second-order valence-corrected chi connectivity index (χ2v) is 4.34. The van der Waals surface area contributed by atoms with Crippen molar-refractivity contribution in [3.63, 3.8) is 0 Å². The highest BCUT2D eigenvalue weighted by atomic mass is 16.4. The van der Waals surface area contributed by atoms with E-state index in [2.05, 4.69) is 5.32 Å². The maximum absolute atomic E-state index is 11.2. The van der Waals surface area contributed by atoms with Crippen molar-refractivity contribution in [2.45, 2.75) is 31.2 Å². The molecule has 0 spiro atoms. The van der Waals surface area contributed by atoms with Crippen molar-refractivity contribution in [1.29, 1.82) is 0 Å². The first-order valence-corrected chi connectivity index (χ1v) is 5.78. The molecule has 0 amide bonds. The molecule has 0 radical (unpaired) electrons. The molecule has 1 aliphatic rings. The number of nitrogens with one attached hydrogen (secondary N) is 1. The van der Waals surface area contributed by atoms with Gasteiger partial charge in [0.1, 0.15) is 0 Å². The summed E-state index contributed by atoms with van der Waals surface area (Å²) < 4.78 is 0. The van der Waals surface area contributed by atoms with Gasteiger partial charge in [-0.3, -0.25) is 4.79 Å². The number of aliphatic carboxylic acids is 1. The molecule has 0 bridgehead atoms. The van der Waals surface area contributed by atoms with Crippen LogP contribution in [0.2, 0.25) is 0 Å². The Morgan fingerprint density at radius 1 is 1.38 bits per heavy atom. The summed E-state index contributed by atoms with van der Waals surface area (Å²) in [5.41, 5.74) is 0.877. The fourth-order valence-electron chi connectivity index (χ4n) is 1.93. The Morgan fingerprint density at radius 2 is 2.06 bits per heavy atom. The van der Waals surface area contributed by atoms with E-state index in [-0.39, 0.29) is 0 Å². The zero-order chi connectivity index (χ0) is 11.4. The lowest BCUT2D eigenvalue weighted by atomic mass is 9.91. The van der Waals surface area contributed by atoms with Gasteiger partial charge in [0.05, 0.1) is 5.92 Å². The number of benzene rings is 1. The van der Waals surface area contributed by atoms with Crippen molar-refractivity contribution in [2.75, 3.05) is 6.54 Å². The number of rotatable bonds is 5. The minimum atomic E-state index is -0.752. The van der Waals surface area contributed by atoms with Crippen molar-refractivity contribution in [3.05, 3.63) is 35.9 Å². The lowest BCUT2D eigenvalue weighted by Gasteiger charge is -2.28. The van der Waals surface area contributed by atoms with Gasteiger partial charge >= 0.3 is 5.97 Å². The number of hydrogen-bond donors (Lipinski definition) is 2. The predicted molar refractivity (Wildman–Crippen MR) is 62.5 cm³/mol. The van der Waals surface area contributed by atoms with Crippen LogP contribution in [0.1, 0.15) is 30.7 Å². The largest absolute Gasteiger partial charge is 0.481 e. The summed E-state index contributed by atoms with van der Waals surface area (Å²) >= 11 is 0.